The Bertz CT molecular complexity index is 782. The van der Waals surface area contributed by atoms with Crippen LogP contribution < -0.4 is 11.1 Å². The van der Waals surface area contributed by atoms with Gasteiger partial charge in [0.2, 0.25) is 0 Å². The van der Waals surface area contributed by atoms with Gasteiger partial charge in [0.15, 0.2) is 5.82 Å². The van der Waals surface area contributed by atoms with E-state index in [2.05, 4.69) is 25.5 Å². The summed E-state index contributed by atoms with van der Waals surface area (Å²) in [6.07, 6.45) is 4.08. The van der Waals surface area contributed by atoms with Gasteiger partial charge in [-0.05, 0) is 42.0 Å². The van der Waals surface area contributed by atoms with E-state index in [4.69, 9.17) is 5.73 Å². The molecule has 0 saturated carbocycles. The number of nitrogen functional groups attached to an aromatic ring is 1. The van der Waals surface area contributed by atoms with E-state index in [9.17, 15) is 4.79 Å². The summed E-state index contributed by atoms with van der Waals surface area (Å²) in [5.74, 6) is 1.10. The Hall–Kier alpha value is -3.22. The molecule has 7 heteroatoms. The van der Waals surface area contributed by atoms with Gasteiger partial charge in [-0.1, -0.05) is 0 Å². The molecular weight excluding hydrogens is 292 g/mol. The quantitative estimate of drug-likeness (QED) is 0.615. The van der Waals surface area contributed by atoms with Gasteiger partial charge in [-0.3, -0.25) is 14.9 Å². The highest BCUT2D eigenvalue weighted by molar-refractivity contribution is 5.94. The highest BCUT2D eigenvalue weighted by Gasteiger charge is 2.08. The van der Waals surface area contributed by atoms with E-state index in [1.54, 1.807) is 36.7 Å². The third-order valence-electron chi connectivity index (χ3n) is 3.28. The Labute approximate surface area is 133 Å². The maximum atomic E-state index is 12.0. The second kappa shape index (κ2) is 6.69. The van der Waals surface area contributed by atoms with Crippen LogP contribution in [0.4, 0.5) is 5.69 Å². The third kappa shape index (κ3) is 3.91. The minimum atomic E-state index is -0.183. The SMILES string of the molecule is Nc1ccc(C(=O)NCc2nc(Cc3ccncc3)n[nH]2)cc1. The van der Waals surface area contributed by atoms with Crippen LogP contribution in [0.25, 0.3) is 0 Å². The van der Waals surface area contributed by atoms with Crippen molar-refractivity contribution in [2.45, 2.75) is 13.0 Å². The molecule has 4 N–H and O–H groups in total. The predicted octanol–water partition coefficient (Wildman–Crippen LogP) is 1.30. The van der Waals surface area contributed by atoms with Gasteiger partial charge in [0.25, 0.3) is 5.91 Å². The summed E-state index contributed by atoms with van der Waals surface area (Å²) in [5, 5.41) is 9.77. The van der Waals surface area contributed by atoms with Gasteiger partial charge in [-0.25, -0.2) is 4.98 Å². The zero-order chi connectivity index (χ0) is 16.1. The fourth-order valence-corrected chi connectivity index (χ4v) is 2.08. The number of carbonyl (C=O) groups is 1. The van der Waals surface area contributed by atoms with Crippen LogP contribution in [-0.4, -0.2) is 26.1 Å². The van der Waals surface area contributed by atoms with Gasteiger partial charge in [0.1, 0.15) is 5.82 Å². The first-order valence-corrected chi connectivity index (χ1v) is 7.13. The molecule has 0 saturated heterocycles. The smallest absolute Gasteiger partial charge is 0.251 e. The van der Waals surface area contributed by atoms with E-state index in [0.29, 0.717) is 29.3 Å². The lowest BCUT2D eigenvalue weighted by atomic mass is 10.2. The molecule has 0 unspecified atom stereocenters. The molecule has 2 heterocycles. The number of hydrogen-bond acceptors (Lipinski definition) is 5. The van der Waals surface area contributed by atoms with E-state index < -0.39 is 0 Å². The van der Waals surface area contributed by atoms with Gasteiger partial charge >= 0.3 is 0 Å². The van der Waals surface area contributed by atoms with Crippen molar-refractivity contribution in [1.82, 2.24) is 25.5 Å². The number of aromatic amines is 1. The highest BCUT2D eigenvalue weighted by atomic mass is 16.1. The van der Waals surface area contributed by atoms with E-state index in [-0.39, 0.29) is 12.5 Å². The fourth-order valence-electron chi connectivity index (χ4n) is 2.08. The van der Waals surface area contributed by atoms with E-state index in [1.807, 2.05) is 12.1 Å². The first kappa shape index (κ1) is 14.7. The number of nitrogens with one attached hydrogen (secondary N) is 2. The van der Waals surface area contributed by atoms with Crippen LogP contribution in [0.3, 0.4) is 0 Å². The maximum absolute atomic E-state index is 12.0. The first-order chi connectivity index (χ1) is 11.2. The lowest BCUT2D eigenvalue weighted by Crippen LogP contribution is -2.23. The normalized spacial score (nSPS) is 10.4. The largest absolute Gasteiger partial charge is 0.399 e. The van der Waals surface area contributed by atoms with Crippen LogP contribution in [0.1, 0.15) is 27.6 Å². The molecule has 0 aliphatic heterocycles. The van der Waals surface area contributed by atoms with Gasteiger partial charge in [-0.2, -0.15) is 5.10 Å². The zero-order valence-electron chi connectivity index (χ0n) is 12.4. The van der Waals surface area contributed by atoms with E-state index >= 15 is 0 Å². The van der Waals surface area contributed by atoms with Crippen LogP contribution in [0, 0.1) is 0 Å². The van der Waals surface area contributed by atoms with Crippen molar-refractivity contribution < 1.29 is 4.79 Å². The van der Waals surface area contributed by atoms with Crippen molar-refractivity contribution in [3.8, 4) is 0 Å². The Morgan fingerprint density at radius 2 is 1.87 bits per heavy atom. The van der Waals surface area contributed by atoms with Crippen LogP contribution in [0.2, 0.25) is 0 Å². The maximum Gasteiger partial charge on any atom is 0.251 e. The van der Waals surface area contributed by atoms with Crippen LogP contribution in [0.5, 0.6) is 0 Å². The minimum Gasteiger partial charge on any atom is -0.399 e. The number of H-pyrrole nitrogens is 1. The van der Waals surface area contributed by atoms with E-state index in [0.717, 1.165) is 5.56 Å². The molecule has 1 amide bonds. The summed E-state index contributed by atoms with van der Waals surface area (Å²) >= 11 is 0. The van der Waals surface area contributed by atoms with Gasteiger partial charge in [0.05, 0.1) is 6.54 Å². The summed E-state index contributed by atoms with van der Waals surface area (Å²) in [4.78, 5) is 20.3. The molecule has 116 valence electrons. The molecule has 0 aliphatic rings. The number of rotatable bonds is 5. The lowest BCUT2D eigenvalue weighted by Gasteiger charge is -2.03. The van der Waals surface area contributed by atoms with Crippen molar-refractivity contribution in [3.63, 3.8) is 0 Å². The Morgan fingerprint density at radius 1 is 1.13 bits per heavy atom. The minimum absolute atomic E-state index is 0.183. The molecule has 0 atom stereocenters. The Kier molecular flexibility index (Phi) is 4.28. The summed E-state index contributed by atoms with van der Waals surface area (Å²) < 4.78 is 0. The van der Waals surface area contributed by atoms with Crippen LogP contribution >= 0.6 is 0 Å². The molecule has 0 radical (unpaired) electrons. The van der Waals surface area contributed by atoms with Crippen molar-refractivity contribution >= 4 is 11.6 Å². The second-order valence-electron chi connectivity index (χ2n) is 5.04. The predicted molar refractivity (Wildman–Crippen MR) is 85.5 cm³/mol. The number of pyridine rings is 1. The molecule has 3 rings (SSSR count). The lowest BCUT2D eigenvalue weighted by molar-refractivity contribution is 0.0950. The summed E-state index contributed by atoms with van der Waals surface area (Å²) in [5.41, 5.74) is 7.85. The van der Waals surface area contributed by atoms with Crippen LogP contribution in [-0.2, 0) is 13.0 Å². The number of nitrogens with zero attached hydrogens (tertiary/aromatic N) is 3. The molecule has 0 spiro atoms. The molecule has 0 fully saturated rings. The molecule has 7 nitrogen and oxygen atoms in total. The number of benzene rings is 1. The van der Waals surface area contributed by atoms with Gasteiger partial charge in [0, 0.05) is 30.1 Å². The standard InChI is InChI=1S/C16H16N6O/c17-13-3-1-12(2-4-13)16(23)19-10-15-20-14(21-22-15)9-11-5-7-18-8-6-11/h1-8H,9-10,17H2,(H,19,23)(H,20,21,22). The summed E-state index contributed by atoms with van der Waals surface area (Å²) in [6.45, 7) is 0.284. The molecular formula is C16H16N6O. The van der Waals surface area contributed by atoms with Crippen molar-refractivity contribution in [1.29, 1.82) is 0 Å². The Balaban J connectivity index is 1.57. The number of anilines is 1. The number of amides is 1. The molecule has 23 heavy (non-hydrogen) atoms. The van der Waals surface area contributed by atoms with Crippen LogP contribution in [0.15, 0.2) is 48.8 Å². The number of aromatic nitrogens is 4. The number of nitrogens with two attached hydrogens (primary N) is 1. The first-order valence-electron chi connectivity index (χ1n) is 7.13. The second-order valence-corrected chi connectivity index (χ2v) is 5.04. The molecule has 0 bridgehead atoms. The average molecular weight is 308 g/mol. The van der Waals surface area contributed by atoms with Crippen molar-refractivity contribution in [3.05, 3.63) is 71.6 Å². The summed E-state index contributed by atoms with van der Waals surface area (Å²) in [7, 11) is 0. The third-order valence-corrected chi connectivity index (χ3v) is 3.28. The zero-order valence-corrected chi connectivity index (χ0v) is 12.4. The van der Waals surface area contributed by atoms with Crippen molar-refractivity contribution in [2.24, 2.45) is 0 Å². The topological polar surface area (TPSA) is 110 Å². The highest BCUT2D eigenvalue weighted by Crippen LogP contribution is 2.06. The van der Waals surface area contributed by atoms with E-state index in [1.165, 1.54) is 0 Å². The molecule has 2 aromatic heterocycles. The van der Waals surface area contributed by atoms with Gasteiger partial charge < -0.3 is 11.1 Å². The average Bonchev–Trinajstić information content (AvgIpc) is 3.02. The van der Waals surface area contributed by atoms with Gasteiger partial charge in [-0.15, -0.1) is 0 Å². The van der Waals surface area contributed by atoms with Crippen molar-refractivity contribution in [2.75, 3.05) is 5.73 Å². The molecule has 0 aliphatic carbocycles. The molecule has 3 aromatic rings. The number of hydrogen-bond donors (Lipinski definition) is 3. The summed E-state index contributed by atoms with van der Waals surface area (Å²) in [6, 6.07) is 10.6. The Morgan fingerprint density at radius 3 is 2.61 bits per heavy atom. The molecule has 1 aromatic carbocycles. The monoisotopic (exact) mass is 308 g/mol. The fraction of sp³-hybridized carbons (Fsp3) is 0.125. The number of carbonyl (C=O) groups excluding carboxylic acids is 1.